The van der Waals surface area contributed by atoms with E-state index in [1.165, 1.54) is 57.8 Å². The summed E-state index contributed by atoms with van der Waals surface area (Å²) in [6, 6.07) is 10.1. The highest BCUT2D eigenvalue weighted by molar-refractivity contribution is 5.93. The van der Waals surface area contributed by atoms with Crippen LogP contribution in [0.2, 0.25) is 0 Å². The topological polar surface area (TPSA) is 60.9 Å². The van der Waals surface area contributed by atoms with Crippen molar-refractivity contribution in [1.82, 2.24) is 4.90 Å². The van der Waals surface area contributed by atoms with Gasteiger partial charge in [-0.2, -0.15) is 0 Å². The van der Waals surface area contributed by atoms with Crippen LogP contribution in [0.15, 0.2) is 24.3 Å². The molecule has 33 heavy (non-hydrogen) atoms. The van der Waals surface area contributed by atoms with E-state index < -0.39 is 5.97 Å². The van der Waals surface area contributed by atoms with Gasteiger partial charge in [-0.15, -0.1) is 0 Å². The van der Waals surface area contributed by atoms with E-state index in [2.05, 4.69) is 4.90 Å². The number of anilines is 1. The van der Waals surface area contributed by atoms with Crippen molar-refractivity contribution in [2.75, 3.05) is 4.90 Å². The number of amides is 1. The molecule has 2 aliphatic heterocycles. The zero-order valence-corrected chi connectivity index (χ0v) is 20.1. The van der Waals surface area contributed by atoms with E-state index in [0.29, 0.717) is 18.5 Å². The summed E-state index contributed by atoms with van der Waals surface area (Å²) in [5.74, 6) is 1.17. The minimum absolute atomic E-state index is 0.0847. The number of nitrogens with zero attached hydrogens (tertiary/aromatic N) is 2. The molecule has 1 aromatic carbocycles. The van der Waals surface area contributed by atoms with E-state index in [1.807, 2.05) is 29.2 Å². The summed E-state index contributed by atoms with van der Waals surface area (Å²) >= 11 is 0. The van der Waals surface area contributed by atoms with Gasteiger partial charge in [-0.25, -0.2) is 0 Å². The molecule has 1 N–H and O–H groups in total. The summed E-state index contributed by atoms with van der Waals surface area (Å²) in [7, 11) is 0. The fraction of sp³-hybridized carbons (Fsp3) is 0.714. The summed E-state index contributed by atoms with van der Waals surface area (Å²) < 4.78 is 0. The monoisotopic (exact) mass is 452 g/mol. The highest BCUT2D eigenvalue weighted by Gasteiger charge is 2.46. The third kappa shape index (κ3) is 4.84. The Hall–Kier alpha value is -1.88. The van der Waals surface area contributed by atoms with Gasteiger partial charge in [0, 0.05) is 43.2 Å². The Labute approximate surface area is 198 Å². The van der Waals surface area contributed by atoms with Crippen molar-refractivity contribution in [2.24, 2.45) is 11.8 Å². The molecule has 1 aromatic rings. The molecule has 2 saturated heterocycles. The number of fused-ring (bicyclic) bond motifs is 4. The molecule has 2 heterocycles. The molecule has 180 valence electrons. The van der Waals surface area contributed by atoms with E-state index in [1.54, 1.807) is 6.92 Å². The second-order valence-corrected chi connectivity index (χ2v) is 11.2. The molecule has 4 aliphatic rings. The van der Waals surface area contributed by atoms with Crippen LogP contribution in [0.5, 0.6) is 0 Å². The molecule has 1 amide bonds. The average molecular weight is 453 g/mol. The number of carbonyl (C=O) groups is 2. The maximum Gasteiger partial charge on any atom is 0.303 e. The number of aliphatic carboxylic acids is 1. The number of rotatable bonds is 6. The summed E-state index contributed by atoms with van der Waals surface area (Å²) in [5, 5.41) is 9.20. The summed E-state index contributed by atoms with van der Waals surface area (Å²) in [4.78, 5) is 29.1. The van der Waals surface area contributed by atoms with Gasteiger partial charge in [0.25, 0.3) is 0 Å². The molecular weight excluding hydrogens is 412 g/mol. The molecular formula is C28H40N2O3. The van der Waals surface area contributed by atoms with Crippen LogP contribution < -0.4 is 4.90 Å². The normalized spacial score (nSPS) is 34.0. The minimum atomic E-state index is -0.792. The van der Waals surface area contributed by atoms with E-state index in [4.69, 9.17) is 0 Å². The van der Waals surface area contributed by atoms with Crippen molar-refractivity contribution in [3.63, 3.8) is 0 Å². The van der Waals surface area contributed by atoms with Crippen molar-refractivity contribution in [3.8, 4) is 0 Å². The number of hydrogen-bond donors (Lipinski definition) is 1. The second kappa shape index (κ2) is 9.77. The standard InChI is InChI=1S/C28H40N2O3/c1-19(31)29(27-11-3-2-8-22(27)12-13-28(32)33)26-17-23-9-5-10-24(18-26)30(23)25-15-20-6-4-7-21(14-20)16-25/h2-3,8,11,20-21,23-26H,4-7,9-10,12-18H2,1H3,(H,32,33). The lowest BCUT2D eigenvalue weighted by atomic mass is 9.68. The van der Waals surface area contributed by atoms with E-state index in [-0.39, 0.29) is 18.4 Å². The van der Waals surface area contributed by atoms with Crippen LogP contribution in [0.25, 0.3) is 0 Å². The van der Waals surface area contributed by atoms with Crippen LogP contribution >= 0.6 is 0 Å². The highest BCUT2D eigenvalue weighted by atomic mass is 16.4. The number of carboxylic acids is 1. The van der Waals surface area contributed by atoms with Crippen molar-refractivity contribution >= 4 is 17.6 Å². The number of piperidine rings is 2. The Morgan fingerprint density at radius 1 is 0.909 bits per heavy atom. The first-order valence-corrected chi connectivity index (χ1v) is 13.4. The molecule has 0 spiro atoms. The number of carboxylic acid groups (broad SMARTS) is 1. The molecule has 5 rings (SSSR count). The van der Waals surface area contributed by atoms with Gasteiger partial charge in [0.1, 0.15) is 0 Å². The Bertz CT molecular complexity index is 844. The van der Waals surface area contributed by atoms with Crippen LogP contribution in [0.3, 0.4) is 0 Å². The summed E-state index contributed by atoms with van der Waals surface area (Å²) in [6.45, 7) is 1.68. The minimum Gasteiger partial charge on any atom is -0.481 e. The lowest BCUT2D eigenvalue weighted by Gasteiger charge is -2.56. The van der Waals surface area contributed by atoms with Crippen LogP contribution in [0.1, 0.15) is 89.5 Å². The molecule has 0 radical (unpaired) electrons. The van der Waals surface area contributed by atoms with Gasteiger partial charge in [-0.1, -0.05) is 43.9 Å². The molecule has 2 saturated carbocycles. The largest absolute Gasteiger partial charge is 0.481 e. The second-order valence-electron chi connectivity index (χ2n) is 11.2. The molecule has 5 heteroatoms. The molecule has 0 aromatic heterocycles. The van der Waals surface area contributed by atoms with Gasteiger partial charge in [0.15, 0.2) is 0 Å². The van der Waals surface area contributed by atoms with Gasteiger partial charge in [-0.05, 0) is 74.8 Å². The lowest BCUT2D eigenvalue weighted by Crippen LogP contribution is -2.61. The average Bonchev–Trinajstić information content (AvgIpc) is 2.77. The Morgan fingerprint density at radius 2 is 1.55 bits per heavy atom. The number of benzene rings is 1. The molecule has 4 fully saturated rings. The fourth-order valence-corrected chi connectivity index (χ4v) is 7.96. The zero-order valence-electron chi connectivity index (χ0n) is 20.1. The van der Waals surface area contributed by atoms with Crippen LogP contribution in [0.4, 0.5) is 5.69 Å². The smallest absolute Gasteiger partial charge is 0.303 e. The highest BCUT2D eigenvalue weighted by Crippen LogP contribution is 2.46. The number of para-hydroxylation sites is 1. The first-order chi connectivity index (χ1) is 16.0. The van der Waals surface area contributed by atoms with Gasteiger partial charge in [-0.3, -0.25) is 14.5 Å². The van der Waals surface area contributed by atoms with Crippen molar-refractivity contribution < 1.29 is 14.7 Å². The number of aryl methyl sites for hydroxylation is 1. The van der Waals surface area contributed by atoms with Crippen molar-refractivity contribution in [3.05, 3.63) is 29.8 Å². The Kier molecular flexibility index (Phi) is 6.78. The number of hydrogen-bond acceptors (Lipinski definition) is 3. The van der Waals surface area contributed by atoms with Crippen LogP contribution in [0, 0.1) is 11.8 Å². The van der Waals surface area contributed by atoms with Crippen molar-refractivity contribution in [1.29, 1.82) is 0 Å². The SMILES string of the molecule is CC(=O)N(c1ccccc1CCC(=O)O)C1CC2CCCC(C1)N2C1CC2CCCC(C2)C1. The Morgan fingerprint density at radius 3 is 2.18 bits per heavy atom. The molecule has 4 atom stereocenters. The van der Waals surface area contributed by atoms with Crippen LogP contribution in [-0.4, -0.2) is 46.1 Å². The van der Waals surface area contributed by atoms with E-state index >= 15 is 0 Å². The molecule has 4 bridgehead atoms. The number of carbonyl (C=O) groups excluding carboxylic acids is 1. The quantitative estimate of drug-likeness (QED) is 0.627. The van der Waals surface area contributed by atoms with Gasteiger partial charge >= 0.3 is 5.97 Å². The van der Waals surface area contributed by atoms with E-state index in [0.717, 1.165) is 42.0 Å². The maximum absolute atomic E-state index is 13.0. The van der Waals surface area contributed by atoms with E-state index in [9.17, 15) is 14.7 Å². The third-order valence-electron chi connectivity index (χ3n) is 9.09. The van der Waals surface area contributed by atoms with Crippen molar-refractivity contribution in [2.45, 2.75) is 115 Å². The molecule has 2 aliphatic carbocycles. The van der Waals surface area contributed by atoms with Gasteiger partial charge in [0.05, 0.1) is 0 Å². The molecule has 4 unspecified atom stereocenters. The van der Waals surface area contributed by atoms with Gasteiger partial charge in [0.2, 0.25) is 5.91 Å². The van der Waals surface area contributed by atoms with Gasteiger partial charge < -0.3 is 10.0 Å². The first kappa shape index (κ1) is 22.9. The fourth-order valence-electron chi connectivity index (χ4n) is 7.96. The van der Waals surface area contributed by atoms with Crippen LogP contribution in [-0.2, 0) is 16.0 Å². The predicted molar refractivity (Wildman–Crippen MR) is 130 cm³/mol. The zero-order chi connectivity index (χ0) is 22.9. The maximum atomic E-state index is 13.0. The first-order valence-electron chi connectivity index (χ1n) is 13.4. The third-order valence-corrected chi connectivity index (χ3v) is 9.09. The summed E-state index contributed by atoms with van der Waals surface area (Å²) in [6.07, 6.45) is 15.0. The predicted octanol–water partition coefficient (Wildman–Crippen LogP) is 5.41. The molecule has 5 nitrogen and oxygen atoms in total. The lowest BCUT2D eigenvalue weighted by molar-refractivity contribution is -0.137. The summed E-state index contributed by atoms with van der Waals surface area (Å²) in [5.41, 5.74) is 1.90. The Balaban J connectivity index is 1.36.